The fourth-order valence-corrected chi connectivity index (χ4v) is 2.83. The van der Waals surface area contributed by atoms with Crippen LogP contribution < -0.4 is 0 Å². The van der Waals surface area contributed by atoms with Gasteiger partial charge in [-0.25, -0.2) is 4.39 Å². The number of pyridine rings is 1. The van der Waals surface area contributed by atoms with Gasteiger partial charge in [0.05, 0.1) is 5.52 Å². The first-order chi connectivity index (χ1) is 9.72. The van der Waals surface area contributed by atoms with E-state index in [1.807, 2.05) is 24.3 Å². The number of para-hydroxylation sites is 1. The number of benzene rings is 2. The summed E-state index contributed by atoms with van der Waals surface area (Å²) in [4.78, 5) is 4.79. The number of halogens is 2. The molecule has 3 rings (SSSR count). The Morgan fingerprint density at radius 1 is 0.950 bits per heavy atom. The second-order valence-corrected chi connectivity index (χ2v) is 5.82. The van der Waals surface area contributed by atoms with Gasteiger partial charge in [-0.1, -0.05) is 52.3 Å². The van der Waals surface area contributed by atoms with Crippen LogP contribution in [0.4, 0.5) is 4.39 Å². The molecule has 2 aromatic carbocycles. The van der Waals surface area contributed by atoms with Crippen molar-refractivity contribution in [3.8, 4) is 0 Å². The topological polar surface area (TPSA) is 12.9 Å². The van der Waals surface area contributed by atoms with Gasteiger partial charge in [-0.3, -0.25) is 4.98 Å². The van der Waals surface area contributed by atoms with Crippen molar-refractivity contribution >= 4 is 26.8 Å². The number of hydrogen-bond donors (Lipinski definition) is 0. The van der Waals surface area contributed by atoms with Crippen LogP contribution in [-0.4, -0.2) is 4.98 Å². The molecule has 0 aliphatic heterocycles. The maximum Gasteiger partial charge on any atom is 0.123 e. The van der Waals surface area contributed by atoms with Crippen molar-refractivity contribution in [2.45, 2.75) is 11.2 Å². The van der Waals surface area contributed by atoms with Gasteiger partial charge < -0.3 is 0 Å². The summed E-state index contributed by atoms with van der Waals surface area (Å²) < 4.78 is 12.9. The summed E-state index contributed by atoms with van der Waals surface area (Å²) in [5.74, 6) is -0.211. The van der Waals surface area contributed by atoms with E-state index in [-0.39, 0.29) is 10.6 Å². The minimum absolute atomic E-state index is 0.136. The molecule has 0 radical (unpaired) electrons. The van der Waals surface area contributed by atoms with E-state index >= 15 is 0 Å². The highest BCUT2D eigenvalue weighted by Crippen LogP contribution is 2.27. The molecule has 0 saturated heterocycles. The minimum Gasteiger partial charge on any atom is -0.253 e. The maximum absolute atomic E-state index is 12.9. The SMILES string of the molecule is Fc1ccc(C(Br)Cc2ccc3ccccc3n2)cc1. The molecule has 3 aromatic rings. The zero-order valence-electron chi connectivity index (χ0n) is 10.8. The first kappa shape index (κ1) is 13.3. The summed E-state index contributed by atoms with van der Waals surface area (Å²) in [6.07, 6.45) is 0.774. The largest absolute Gasteiger partial charge is 0.253 e. The molecule has 0 spiro atoms. The van der Waals surface area contributed by atoms with E-state index in [1.54, 1.807) is 12.1 Å². The number of aromatic nitrogens is 1. The average Bonchev–Trinajstić information content (AvgIpc) is 2.48. The van der Waals surface area contributed by atoms with E-state index in [9.17, 15) is 4.39 Å². The third-order valence-corrected chi connectivity index (χ3v) is 4.13. The molecule has 0 saturated carbocycles. The number of nitrogens with zero attached hydrogens (tertiary/aromatic N) is 1. The summed E-state index contributed by atoms with van der Waals surface area (Å²) in [5, 5.41) is 1.14. The van der Waals surface area contributed by atoms with Crippen LogP contribution in [0, 0.1) is 5.82 Å². The van der Waals surface area contributed by atoms with Crippen LogP contribution in [0.2, 0.25) is 0 Å². The van der Waals surface area contributed by atoms with Crippen molar-refractivity contribution in [1.29, 1.82) is 0 Å². The summed E-state index contributed by atoms with van der Waals surface area (Å²) in [7, 11) is 0. The number of rotatable bonds is 3. The molecule has 1 heterocycles. The summed E-state index contributed by atoms with van der Waals surface area (Å²) >= 11 is 3.65. The van der Waals surface area contributed by atoms with Crippen LogP contribution in [0.1, 0.15) is 16.1 Å². The van der Waals surface area contributed by atoms with Gasteiger partial charge in [0.2, 0.25) is 0 Å². The molecule has 0 amide bonds. The molecule has 100 valence electrons. The lowest BCUT2D eigenvalue weighted by Gasteiger charge is -2.10. The Morgan fingerprint density at radius 2 is 1.70 bits per heavy atom. The minimum atomic E-state index is -0.211. The highest BCUT2D eigenvalue weighted by Gasteiger charge is 2.10. The molecule has 20 heavy (non-hydrogen) atoms. The second-order valence-electron chi connectivity index (χ2n) is 4.72. The first-order valence-electron chi connectivity index (χ1n) is 6.46. The number of hydrogen-bond acceptors (Lipinski definition) is 1. The Morgan fingerprint density at radius 3 is 2.50 bits per heavy atom. The van der Waals surface area contributed by atoms with Gasteiger partial charge in [-0.05, 0) is 29.8 Å². The molecule has 1 atom stereocenters. The Balaban J connectivity index is 1.83. The Bertz CT molecular complexity index is 724. The van der Waals surface area contributed by atoms with Gasteiger partial charge >= 0.3 is 0 Å². The molecule has 1 aromatic heterocycles. The van der Waals surface area contributed by atoms with Crippen LogP contribution in [0.15, 0.2) is 60.7 Å². The Hall–Kier alpha value is -1.74. The van der Waals surface area contributed by atoms with E-state index in [4.69, 9.17) is 0 Å². The quantitative estimate of drug-likeness (QED) is 0.612. The zero-order chi connectivity index (χ0) is 13.9. The lowest BCUT2D eigenvalue weighted by atomic mass is 10.1. The third-order valence-electron chi connectivity index (χ3n) is 3.28. The molecular formula is C17H13BrFN. The van der Waals surface area contributed by atoms with Gasteiger partial charge in [0, 0.05) is 22.3 Å². The van der Waals surface area contributed by atoms with Gasteiger partial charge in [0.25, 0.3) is 0 Å². The van der Waals surface area contributed by atoms with Crippen LogP contribution in [0.5, 0.6) is 0 Å². The first-order valence-corrected chi connectivity index (χ1v) is 7.38. The fourth-order valence-electron chi connectivity index (χ4n) is 2.19. The molecule has 0 bridgehead atoms. The van der Waals surface area contributed by atoms with E-state index in [2.05, 4.69) is 33.0 Å². The smallest absolute Gasteiger partial charge is 0.123 e. The van der Waals surface area contributed by atoms with Crippen molar-refractivity contribution in [3.63, 3.8) is 0 Å². The predicted octanol–water partition coefficient (Wildman–Crippen LogP) is 5.05. The number of fused-ring (bicyclic) bond motifs is 1. The van der Waals surface area contributed by atoms with Crippen molar-refractivity contribution in [2.75, 3.05) is 0 Å². The van der Waals surface area contributed by atoms with Crippen molar-refractivity contribution in [3.05, 3.63) is 77.7 Å². The summed E-state index contributed by atoms with van der Waals surface area (Å²) in [5.41, 5.74) is 3.08. The summed E-state index contributed by atoms with van der Waals surface area (Å²) in [6.45, 7) is 0. The van der Waals surface area contributed by atoms with Crippen LogP contribution in [-0.2, 0) is 6.42 Å². The summed E-state index contributed by atoms with van der Waals surface area (Å²) in [6, 6.07) is 18.8. The molecule has 1 nitrogen and oxygen atoms in total. The van der Waals surface area contributed by atoms with E-state index in [0.29, 0.717) is 0 Å². The standard InChI is InChI=1S/C17H13BrFN/c18-16(12-5-8-14(19)9-6-12)11-15-10-7-13-3-1-2-4-17(13)20-15/h1-10,16H,11H2. The second kappa shape index (κ2) is 5.71. The van der Waals surface area contributed by atoms with E-state index in [1.165, 1.54) is 12.1 Å². The molecule has 0 aliphatic rings. The Kier molecular flexibility index (Phi) is 3.79. The lowest BCUT2D eigenvalue weighted by Crippen LogP contribution is -1.98. The number of alkyl halides is 1. The monoisotopic (exact) mass is 329 g/mol. The van der Waals surface area contributed by atoms with Gasteiger partial charge in [-0.15, -0.1) is 0 Å². The molecule has 1 unspecified atom stereocenters. The zero-order valence-corrected chi connectivity index (χ0v) is 12.3. The van der Waals surface area contributed by atoms with Gasteiger partial charge in [0.1, 0.15) is 5.82 Å². The van der Waals surface area contributed by atoms with Gasteiger partial charge in [0.15, 0.2) is 0 Å². The van der Waals surface area contributed by atoms with Crippen LogP contribution in [0.25, 0.3) is 10.9 Å². The van der Waals surface area contributed by atoms with Crippen molar-refractivity contribution in [1.82, 2.24) is 4.98 Å². The average molecular weight is 330 g/mol. The van der Waals surface area contributed by atoms with E-state index < -0.39 is 0 Å². The van der Waals surface area contributed by atoms with Crippen molar-refractivity contribution < 1.29 is 4.39 Å². The highest BCUT2D eigenvalue weighted by atomic mass is 79.9. The van der Waals surface area contributed by atoms with Crippen LogP contribution in [0.3, 0.4) is 0 Å². The van der Waals surface area contributed by atoms with Gasteiger partial charge in [-0.2, -0.15) is 0 Å². The normalized spacial score (nSPS) is 12.5. The molecule has 3 heteroatoms. The van der Waals surface area contributed by atoms with Crippen molar-refractivity contribution in [2.24, 2.45) is 0 Å². The lowest BCUT2D eigenvalue weighted by molar-refractivity contribution is 0.627. The third kappa shape index (κ3) is 2.88. The fraction of sp³-hybridized carbons (Fsp3) is 0.118. The molecular weight excluding hydrogens is 317 g/mol. The van der Waals surface area contributed by atoms with Crippen LogP contribution >= 0.6 is 15.9 Å². The molecule has 0 fully saturated rings. The Labute approximate surface area is 125 Å². The molecule has 0 N–H and O–H groups in total. The predicted molar refractivity (Wildman–Crippen MR) is 83.5 cm³/mol. The highest BCUT2D eigenvalue weighted by molar-refractivity contribution is 9.09. The molecule has 0 aliphatic carbocycles. The maximum atomic E-state index is 12.9. The van der Waals surface area contributed by atoms with E-state index in [0.717, 1.165) is 28.6 Å².